The smallest absolute Gasteiger partial charge is 0.149 e. The van der Waals surface area contributed by atoms with Crippen molar-refractivity contribution in [2.45, 2.75) is 0 Å². The normalized spacial score (nSPS) is 16.8. The molecule has 1 aliphatic rings. The van der Waals surface area contributed by atoms with E-state index in [9.17, 15) is 4.79 Å². The Labute approximate surface area is 47.9 Å². The van der Waals surface area contributed by atoms with Crippen molar-refractivity contribution in [3.8, 4) is 0 Å². The van der Waals surface area contributed by atoms with Gasteiger partial charge in [0.1, 0.15) is 6.29 Å². The van der Waals surface area contributed by atoms with Gasteiger partial charge in [-0.1, -0.05) is 6.08 Å². The molecule has 0 bridgehead atoms. The van der Waals surface area contributed by atoms with Crippen molar-refractivity contribution in [3.05, 3.63) is 23.9 Å². The summed E-state index contributed by atoms with van der Waals surface area (Å²) in [5, 5.41) is 2.93. The first kappa shape index (κ1) is 5.09. The van der Waals surface area contributed by atoms with Crippen molar-refractivity contribution < 1.29 is 4.79 Å². The monoisotopic (exact) mass is 109 g/mol. The van der Waals surface area contributed by atoms with E-state index in [-0.39, 0.29) is 0 Å². The van der Waals surface area contributed by atoms with E-state index >= 15 is 0 Å². The van der Waals surface area contributed by atoms with Crippen LogP contribution in [-0.2, 0) is 4.79 Å². The molecule has 0 saturated carbocycles. The Hall–Kier alpha value is -1.05. The summed E-state index contributed by atoms with van der Waals surface area (Å²) in [5.41, 5.74) is 0.753. The highest BCUT2D eigenvalue weighted by atomic mass is 16.1. The van der Waals surface area contributed by atoms with Crippen LogP contribution < -0.4 is 5.32 Å². The number of dihydropyridines is 1. The van der Waals surface area contributed by atoms with Crippen LogP contribution in [0.3, 0.4) is 0 Å². The predicted octanol–water partition coefficient (Wildman–Crippen LogP) is 0.229. The van der Waals surface area contributed by atoms with E-state index < -0.39 is 0 Å². The number of carbonyl (C=O) groups excluding carboxylic acids is 1. The zero-order chi connectivity index (χ0) is 5.82. The molecule has 1 aliphatic heterocycles. The fraction of sp³-hybridized carbons (Fsp3) is 0.167. The van der Waals surface area contributed by atoms with Crippen molar-refractivity contribution in [3.63, 3.8) is 0 Å². The lowest BCUT2D eigenvalue weighted by atomic mass is 10.2. The molecule has 0 unspecified atom stereocenters. The van der Waals surface area contributed by atoms with Crippen molar-refractivity contribution in [2.24, 2.45) is 0 Å². The standard InChI is InChI=1S/C6H7NO/c8-5-6-1-3-7-4-2-6/h1-3,5,7H,4H2. The summed E-state index contributed by atoms with van der Waals surface area (Å²) < 4.78 is 0. The number of rotatable bonds is 1. The molecule has 0 spiro atoms. The van der Waals surface area contributed by atoms with E-state index in [1.54, 1.807) is 12.3 Å². The molecule has 1 heterocycles. The van der Waals surface area contributed by atoms with Crippen LogP contribution >= 0.6 is 0 Å². The zero-order valence-electron chi connectivity index (χ0n) is 4.42. The van der Waals surface area contributed by atoms with Crippen LogP contribution in [0.2, 0.25) is 0 Å². The Morgan fingerprint density at radius 1 is 1.75 bits per heavy atom. The second-order valence-corrected chi connectivity index (χ2v) is 1.56. The minimum absolute atomic E-state index is 0.753. The molecule has 0 aromatic heterocycles. The van der Waals surface area contributed by atoms with Gasteiger partial charge in [0.15, 0.2) is 0 Å². The minimum atomic E-state index is 0.753. The van der Waals surface area contributed by atoms with E-state index in [0.717, 1.165) is 18.4 Å². The summed E-state index contributed by atoms with van der Waals surface area (Å²) in [6.07, 6.45) is 6.20. The molecule has 0 aromatic rings. The van der Waals surface area contributed by atoms with Gasteiger partial charge in [-0.15, -0.1) is 0 Å². The third-order valence-electron chi connectivity index (χ3n) is 0.985. The molecule has 0 aliphatic carbocycles. The second-order valence-electron chi connectivity index (χ2n) is 1.56. The third kappa shape index (κ3) is 0.964. The molecule has 1 N–H and O–H groups in total. The first-order valence-electron chi connectivity index (χ1n) is 2.49. The Bertz CT molecular complexity index is 147. The lowest BCUT2D eigenvalue weighted by Gasteiger charge is -1.99. The molecule has 42 valence electrons. The van der Waals surface area contributed by atoms with Crippen LogP contribution in [0, 0.1) is 0 Å². The lowest BCUT2D eigenvalue weighted by Crippen LogP contribution is -2.08. The van der Waals surface area contributed by atoms with Crippen LogP contribution in [0.25, 0.3) is 0 Å². The summed E-state index contributed by atoms with van der Waals surface area (Å²) in [6, 6.07) is 0. The SMILES string of the molecule is O=CC1=CCNC=C1. The molecule has 0 aromatic carbocycles. The van der Waals surface area contributed by atoms with E-state index in [4.69, 9.17) is 0 Å². The van der Waals surface area contributed by atoms with Crippen molar-refractivity contribution in [1.29, 1.82) is 0 Å². The third-order valence-corrected chi connectivity index (χ3v) is 0.985. The molecule has 0 atom stereocenters. The first-order valence-corrected chi connectivity index (χ1v) is 2.49. The van der Waals surface area contributed by atoms with Crippen LogP contribution in [0.1, 0.15) is 0 Å². The van der Waals surface area contributed by atoms with Gasteiger partial charge in [-0.05, 0) is 12.3 Å². The summed E-state index contributed by atoms with van der Waals surface area (Å²) in [5.74, 6) is 0. The average molecular weight is 109 g/mol. The lowest BCUT2D eigenvalue weighted by molar-refractivity contribution is -0.104. The van der Waals surface area contributed by atoms with Gasteiger partial charge in [-0.25, -0.2) is 0 Å². The Kier molecular flexibility index (Phi) is 1.47. The molecule has 2 heteroatoms. The van der Waals surface area contributed by atoms with E-state index in [0.29, 0.717) is 0 Å². The maximum absolute atomic E-state index is 10.0. The molecular weight excluding hydrogens is 102 g/mol. The number of carbonyl (C=O) groups is 1. The molecule has 1 rings (SSSR count). The topological polar surface area (TPSA) is 29.1 Å². The van der Waals surface area contributed by atoms with Gasteiger partial charge in [-0.2, -0.15) is 0 Å². The number of hydrogen-bond donors (Lipinski definition) is 1. The quantitative estimate of drug-likeness (QED) is 0.488. The fourth-order valence-electron chi connectivity index (χ4n) is 0.555. The Morgan fingerprint density at radius 2 is 2.62 bits per heavy atom. The highest BCUT2D eigenvalue weighted by Crippen LogP contribution is 1.93. The number of allylic oxidation sites excluding steroid dienone is 2. The summed E-state index contributed by atoms with van der Waals surface area (Å²) in [6.45, 7) is 0.768. The largest absolute Gasteiger partial charge is 0.387 e. The van der Waals surface area contributed by atoms with Crippen molar-refractivity contribution in [2.75, 3.05) is 6.54 Å². The average Bonchev–Trinajstić information content (AvgIpc) is 1.90. The molecule has 0 saturated heterocycles. The van der Waals surface area contributed by atoms with E-state index in [1.165, 1.54) is 0 Å². The van der Waals surface area contributed by atoms with Crippen LogP contribution in [0.4, 0.5) is 0 Å². The number of hydrogen-bond acceptors (Lipinski definition) is 2. The summed E-state index contributed by atoms with van der Waals surface area (Å²) in [4.78, 5) is 10.0. The van der Waals surface area contributed by atoms with Crippen LogP contribution in [-0.4, -0.2) is 12.8 Å². The highest BCUT2D eigenvalue weighted by Gasteiger charge is 1.90. The molecule has 8 heavy (non-hydrogen) atoms. The van der Waals surface area contributed by atoms with Crippen LogP contribution in [0.15, 0.2) is 23.9 Å². The van der Waals surface area contributed by atoms with Gasteiger partial charge < -0.3 is 5.32 Å². The minimum Gasteiger partial charge on any atom is -0.387 e. The van der Waals surface area contributed by atoms with Gasteiger partial charge in [0.25, 0.3) is 0 Å². The molecular formula is C6H7NO. The molecule has 0 fully saturated rings. The molecule has 0 radical (unpaired) electrons. The number of aldehydes is 1. The highest BCUT2D eigenvalue weighted by molar-refractivity contribution is 5.77. The second kappa shape index (κ2) is 2.31. The van der Waals surface area contributed by atoms with Crippen molar-refractivity contribution in [1.82, 2.24) is 5.32 Å². The number of nitrogens with one attached hydrogen (secondary N) is 1. The van der Waals surface area contributed by atoms with E-state index in [2.05, 4.69) is 5.32 Å². The zero-order valence-corrected chi connectivity index (χ0v) is 4.42. The van der Waals surface area contributed by atoms with Gasteiger partial charge in [0.2, 0.25) is 0 Å². The van der Waals surface area contributed by atoms with Crippen LogP contribution in [0.5, 0.6) is 0 Å². The first-order chi connectivity index (χ1) is 3.93. The van der Waals surface area contributed by atoms with E-state index in [1.807, 2.05) is 6.08 Å². The molecule has 2 nitrogen and oxygen atoms in total. The van der Waals surface area contributed by atoms with Gasteiger partial charge in [0.05, 0.1) is 0 Å². The molecule has 0 amide bonds. The summed E-state index contributed by atoms with van der Waals surface area (Å²) >= 11 is 0. The Balaban J connectivity index is 2.64. The summed E-state index contributed by atoms with van der Waals surface area (Å²) in [7, 11) is 0. The predicted molar refractivity (Wildman–Crippen MR) is 31.3 cm³/mol. The van der Waals surface area contributed by atoms with Gasteiger partial charge in [0, 0.05) is 12.1 Å². The van der Waals surface area contributed by atoms with Crippen molar-refractivity contribution >= 4 is 6.29 Å². The van der Waals surface area contributed by atoms with Gasteiger partial charge >= 0.3 is 0 Å². The fourth-order valence-corrected chi connectivity index (χ4v) is 0.555. The van der Waals surface area contributed by atoms with Gasteiger partial charge in [-0.3, -0.25) is 4.79 Å². The maximum Gasteiger partial charge on any atom is 0.149 e. The maximum atomic E-state index is 10.0. The Morgan fingerprint density at radius 3 is 3.00 bits per heavy atom.